The lowest BCUT2D eigenvalue weighted by molar-refractivity contribution is 0.414. The lowest BCUT2D eigenvalue weighted by Gasteiger charge is -2.11. The Labute approximate surface area is 153 Å². The van der Waals surface area contributed by atoms with Crippen molar-refractivity contribution in [2.24, 2.45) is 0 Å². The van der Waals surface area contributed by atoms with Crippen molar-refractivity contribution in [3.63, 3.8) is 0 Å². The first-order valence-electron chi connectivity index (χ1n) is 8.18. The number of ether oxygens (including phenoxy) is 1. The smallest absolute Gasteiger partial charge is 0.119 e. The fourth-order valence-electron chi connectivity index (χ4n) is 2.58. The molecule has 0 aromatic heterocycles. The topological polar surface area (TPSA) is 33.3 Å². The molecule has 25 heavy (non-hydrogen) atoms. The molecule has 0 bridgehead atoms. The maximum absolute atomic E-state index is 6.03. The molecule has 2 N–H and O–H groups in total. The molecule has 0 saturated carbocycles. The maximum Gasteiger partial charge on any atom is 0.119 e. The van der Waals surface area contributed by atoms with Crippen molar-refractivity contribution in [3.8, 4) is 5.75 Å². The van der Waals surface area contributed by atoms with E-state index in [0.29, 0.717) is 0 Å². The lowest BCUT2D eigenvalue weighted by Crippen LogP contribution is -2.02. The van der Waals surface area contributed by atoms with Gasteiger partial charge in [-0.1, -0.05) is 41.9 Å². The Morgan fingerprint density at radius 3 is 2.00 bits per heavy atom. The average molecular weight is 353 g/mol. The number of hydrogen-bond acceptors (Lipinski definition) is 3. The molecule has 0 heterocycles. The number of halogens is 1. The van der Waals surface area contributed by atoms with Gasteiger partial charge in [0.05, 0.1) is 7.11 Å². The first-order valence-corrected chi connectivity index (χ1v) is 8.56. The number of anilines is 2. The van der Waals surface area contributed by atoms with Crippen molar-refractivity contribution in [2.75, 3.05) is 17.7 Å². The standard InChI is InChI=1S/C21H21ClN2O/c1-25-21-10-3-6-17(12-21)15-24-20-9-4-8-19(13-20)23-14-16-5-2-7-18(22)11-16/h2-13,23-24H,14-15H2,1H3. The Morgan fingerprint density at radius 2 is 1.36 bits per heavy atom. The Kier molecular flexibility index (Phi) is 5.81. The van der Waals surface area contributed by atoms with Gasteiger partial charge in [0.2, 0.25) is 0 Å². The summed E-state index contributed by atoms with van der Waals surface area (Å²) in [6.45, 7) is 1.48. The van der Waals surface area contributed by atoms with Crippen molar-refractivity contribution in [2.45, 2.75) is 13.1 Å². The van der Waals surface area contributed by atoms with Gasteiger partial charge in [0.25, 0.3) is 0 Å². The van der Waals surface area contributed by atoms with Crippen molar-refractivity contribution < 1.29 is 4.74 Å². The highest BCUT2D eigenvalue weighted by molar-refractivity contribution is 6.30. The monoisotopic (exact) mass is 352 g/mol. The van der Waals surface area contributed by atoms with Crippen LogP contribution in [0, 0.1) is 0 Å². The number of nitrogens with one attached hydrogen (secondary N) is 2. The van der Waals surface area contributed by atoms with Gasteiger partial charge in [-0.2, -0.15) is 0 Å². The van der Waals surface area contributed by atoms with Crippen LogP contribution in [0.4, 0.5) is 11.4 Å². The fraction of sp³-hybridized carbons (Fsp3) is 0.143. The number of methoxy groups -OCH3 is 1. The average Bonchev–Trinajstić information content (AvgIpc) is 2.65. The summed E-state index contributed by atoms with van der Waals surface area (Å²) in [7, 11) is 1.68. The minimum atomic E-state index is 0.736. The minimum absolute atomic E-state index is 0.736. The third-order valence-corrected chi connectivity index (χ3v) is 4.11. The van der Waals surface area contributed by atoms with E-state index < -0.39 is 0 Å². The molecule has 4 heteroatoms. The van der Waals surface area contributed by atoms with Gasteiger partial charge in [-0.25, -0.2) is 0 Å². The van der Waals surface area contributed by atoms with E-state index in [2.05, 4.69) is 41.0 Å². The Hall–Kier alpha value is -2.65. The highest BCUT2D eigenvalue weighted by Gasteiger charge is 1.99. The molecule has 0 radical (unpaired) electrons. The van der Waals surface area contributed by atoms with E-state index in [0.717, 1.165) is 40.8 Å². The summed E-state index contributed by atoms with van der Waals surface area (Å²) >= 11 is 6.03. The molecule has 0 amide bonds. The summed E-state index contributed by atoms with van der Waals surface area (Å²) in [6.07, 6.45) is 0. The summed E-state index contributed by atoms with van der Waals surface area (Å²) in [6, 6.07) is 24.2. The SMILES string of the molecule is COc1cccc(CNc2cccc(NCc3cccc(Cl)c3)c2)c1. The van der Waals surface area contributed by atoms with E-state index in [1.54, 1.807) is 7.11 Å². The van der Waals surface area contributed by atoms with Crippen LogP contribution >= 0.6 is 11.6 Å². The molecule has 3 aromatic rings. The van der Waals surface area contributed by atoms with Crippen molar-refractivity contribution in [1.29, 1.82) is 0 Å². The first kappa shape index (κ1) is 17.2. The van der Waals surface area contributed by atoms with Gasteiger partial charge in [-0.15, -0.1) is 0 Å². The Morgan fingerprint density at radius 1 is 0.760 bits per heavy atom. The van der Waals surface area contributed by atoms with E-state index in [1.807, 2.05) is 42.5 Å². The summed E-state index contributed by atoms with van der Waals surface area (Å²) < 4.78 is 5.26. The Bertz CT molecular complexity index is 835. The highest BCUT2D eigenvalue weighted by atomic mass is 35.5. The van der Waals surface area contributed by atoms with Crippen LogP contribution in [0.15, 0.2) is 72.8 Å². The van der Waals surface area contributed by atoms with Crippen molar-refractivity contribution >= 4 is 23.0 Å². The van der Waals surface area contributed by atoms with Gasteiger partial charge in [-0.3, -0.25) is 0 Å². The zero-order chi connectivity index (χ0) is 17.5. The number of benzene rings is 3. The van der Waals surface area contributed by atoms with Gasteiger partial charge >= 0.3 is 0 Å². The van der Waals surface area contributed by atoms with Gasteiger partial charge in [0.1, 0.15) is 5.75 Å². The van der Waals surface area contributed by atoms with Crippen LogP contribution in [0.5, 0.6) is 5.75 Å². The molecule has 3 aromatic carbocycles. The zero-order valence-corrected chi connectivity index (χ0v) is 14.9. The molecule has 3 rings (SSSR count). The second-order valence-electron chi connectivity index (χ2n) is 5.77. The predicted octanol–water partition coefficient (Wildman–Crippen LogP) is 5.57. The molecule has 3 nitrogen and oxygen atoms in total. The highest BCUT2D eigenvalue weighted by Crippen LogP contribution is 2.19. The summed E-state index contributed by atoms with van der Waals surface area (Å²) in [5, 5.41) is 7.63. The molecule has 0 atom stereocenters. The molecule has 0 unspecified atom stereocenters. The van der Waals surface area contributed by atoms with Crippen LogP contribution in [-0.4, -0.2) is 7.11 Å². The van der Waals surface area contributed by atoms with Crippen LogP contribution < -0.4 is 15.4 Å². The van der Waals surface area contributed by atoms with Crippen LogP contribution in [0.2, 0.25) is 5.02 Å². The minimum Gasteiger partial charge on any atom is -0.497 e. The van der Waals surface area contributed by atoms with E-state index in [4.69, 9.17) is 16.3 Å². The molecule has 128 valence electrons. The summed E-state index contributed by atoms with van der Waals surface area (Å²) in [4.78, 5) is 0. The van der Waals surface area contributed by atoms with Crippen molar-refractivity contribution in [3.05, 3.63) is 88.9 Å². The molecular weight excluding hydrogens is 332 g/mol. The number of hydrogen-bond donors (Lipinski definition) is 2. The van der Waals surface area contributed by atoms with Crippen molar-refractivity contribution in [1.82, 2.24) is 0 Å². The summed E-state index contributed by atoms with van der Waals surface area (Å²) in [5.74, 6) is 0.872. The van der Waals surface area contributed by atoms with Crippen LogP contribution in [-0.2, 0) is 13.1 Å². The van der Waals surface area contributed by atoms with E-state index >= 15 is 0 Å². The third kappa shape index (κ3) is 5.16. The van der Waals surface area contributed by atoms with Gasteiger partial charge < -0.3 is 15.4 Å². The largest absolute Gasteiger partial charge is 0.497 e. The van der Waals surface area contributed by atoms with E-state index in [9.17, 15) is 0 Å². The molecule has 0 aliphatic carbocycles. The first-order chi connectivity index (χ1) is 12.2. The Balaban J connectivity index is 1.59. The molecular formula is C21H21ClN2O. The molecule has 0 spiro atoms. The predicted molar refractivity (Wildman–Crippen MR) is 106 cm³/mol. The van der Waals surface area contributed by atoms with Gasteiger partial charge in [0, 0.05) is 29.5 Å². The molecule has 0 saturated heterocycles. The van der Waals surface area contributed by atoms with E-state index in [-0.39, 0.29) is 0 Å². The molecule has 0 aliphatic heterocycles. The fourth-order valence-corrected chi connectivity index (χ4v) is 2.79. The lowest BCUT2D eigenvalue weighted by atomic mass is 10.2. The second kappa shape index (κ2) is 8.45. The van der Waals surface area contributed by atoms with Crippen LogP contribution in [0.25, 0.3) is 0 Å². The molecule has 0 fully saturated rings. The summed E-state index contributed by atoms with van der Waals surface area (Å²) in [5.41, 5.74) is 4.47. The zero-order valence-electron chi connectivity index (χ0n) is 14.1. The van der Waals surface area contributed by atoms with Crippen LogP contribution in [0.1, 0.15) is 11.1 Å². The van der Waals surface area contributed by atoms with E-state index in [1.165, 1.54) is 5.56 Å². The van der Waals surface area contributed by atoms with Gasteiger partial charge in [0.15, 0.2) is 0 Å². The molecule has 0 aliphatic rings. The van der Waals surface area contributed by atoms with Gasteiger partial charge in [-0.05, 0) is 53.6 Å². The third-order valence-electron chi connectivity index (χ3n) is 3.88. The quantitative estimate of drug-likeness (QED) is 0.583. The second-order valence-corrected chi connectivity index (χ2v) is 6.21. The maximum atomic E-state index is 6.03. The number of rotatable bonds is 7. The van der Waals surface area contributed by atoms with Crippen LogP contribution in [0.3, 0.4) is 0 Å². The normalized spacial score (nSPS) is 10.3.